The third kappa shape index (κ3) is 2.65. The van der Waals surface area contributed by atoms with Crippen LogP contribution in [0.2, 0.25) is 5.02 Å². The van der Waals surface area contributed by atoms with Gasteiger partial charge in [-0.05, 0) is 6.07 Å². The molecule has 1 saturated heterocycles. The zero-order valence-electron chi connectivity index (χ0n) is 10.7. The van der Waals surface area contributed by atoms with Gasteiger partial charge in [-0.2, -0.15) is 0 Å². The quantitative estimate of drug-likeness (QED) is 0.847. The van der Waals surface area contributed by atoms with Crippen molar-refractivity contribution in [2.24, 2.45) is 0 Å². The third-order valence-electron chi connectivity index (χ3n) is 3.24. The van der Waals surface area contributed by atoms with E-state index in [4.69, 9.17) is 11.6 Å². The van der Waals surface area contributed by atoms with Gasteiger partial charge in [0.25, 0.3) is 0 Å². The Bertz CT molecular complexity index is 587. The summed E-state index contributed by atoms with van der Waals surface area (Å²) in [6.45, 7) is 2.87. The van der Waals surface area contributed by atoms with E-state index in [-0.39, 0.29) is 5.82 Å². The second-order valence-electron chi connectivity index (χ2n) is 4.50. The third-order valence-corrected chi connectivity index (χ3v) is 3.45. The van der Waals surface area contributed by atoms with Crippen molar-refractivity contribution >= 4 is 23.2 Å². The van der Waals surface area contributed by atoms with Crippen molar-refractivity contribution in [3.63, 3.8) is 0 Å². The molecular weight excluding hydrogens is 281 g/mol. The summed E-state index contributed by atoms with van der Waals surface area (Å²) in [5, 5.41) is 0.310. The van der Waals surface area contributed by atoms with Gasteiger partial charge < -0.3 is 9.80 Å². The van der Waals surface area contributed by atoms with Crippen molar-refractivity contribution in [2.45, 2.75) is 0 Å². The van der Waals surface area contributed by atoms with E-state index in [1.54, 1.807) is 18.6 Å². The van der Waals surface area contributed by atoms with E-state index >= 15 is 0 Å². The minimum atomic E-state index is -0.384. The van der Waals surface area contributed by atoms with E-state index < -0.39 is 0 Å². The van der Waals surface area contributed by atoms with E-state index in [2.05, 4.69) is 19.9 Å². The maximum Gasteiger partial charge on any atom is 0.167 e. The zero-order chi connectivity index (χ0) is 13.9. The molecule has 104 valence electrons. The number of rotatable bonds is 2. The predicted molar refractivity (Wildman–Crippen MR) is 75.7 cm³/mol. The van der Waals surface area contributed by atoms with Crippen LogP contribution >= 0.6 is 11.6 Å². The van der Waals surface area contributed by atoms with Gasteiger partial charge in [-0.3, -0.25) is 4.98 Å². The summed E-state index contributed by atoms with van der Waals surface area (Å²) in [4.78, 5) is 16.4. The summed E-state index contributed by atoms with van der Waals surface area (Å²) >= 11 is 5.71. The molecule has 5 nitrogen and oxygen atoms in total. The number of hydrogen-bond acceptors (Lipinski definition) is 5. The molecule has 0 unspecified atom stereocenters. The number of anilines is 2. The van der Waals surface area contributed by atoms with E-state index in [1.807, 2.05) is 4.90 Å². The summed E-state index contributed by atoms with van der Waals surface area (Å²) in [5.74, 6) is 0.815. The highest BCUT2D eigenvalue weighted by Crippen LogP contribution is 2.21. The molecule has 0 atom stereocenters. The van der Waals surface area contributed by atoms with Crippen LogP contribution in [0.15, 0.2) is 30.9 Å². The molecule has 2 aromatic rings. The molecule has 1 aliphatic rings. The predicted octanol–water partition coefficient (Wildman–Crippen LogP) is 1.99. The van der Waals surface area contributed by atoms with Crippen LogP contribution in [0.4, 0.5) is 16.0 Å². The lowest BCUT2D eigenvalue weighted by Gasteiger charge is -2.35. The molecular formula is C13H13ClFN5. The average molecular weight is 294 g/mol. The summed E-state index contributed by atoms with van der Waals surface area (Å²) in [6, 6.07) is 1.29. The van der Waals surface area contributed by atoms with Crippen molar-refractivity contribution in [1.82, 2.24) is 15.0 Å². The van der Waals surface area contributed by atoms with Gasteiger partial charge in [0.05, 0.1) is 11.2 Å². The number of hydrogen-bond donors (Lipinski definition) is 0. The normalized spacial score (nSPS) is 15.5. The Balaban J connectivity index is 1.69. The number of nitrogens with zero attached hydrogens (tertiary/aromatic N) is 5. The molecule has 7 heteroatoms. The maximum absolute atomic E-state index is 13.8. The monoisotopic (exact) mass is 293 g/mol. The largest absolute Gasteiger partial charge is 0.352 e. The molecule has 3 rings (SSSR count). The number of aromatic nitrogens is 3. The fourth-order valence-corrected chi connectivity index (χ4v) is 2.39. The Labute approximate surface area is 121 Å². The molecule has 1 fully saturated rings. The van der Waals surface area contributed by atoms with Crippen molar-refractivity contribution in [1.29, 1.82) is 0 Å². The second kappa shape index (κ2) is 5.58. The van der Waals surface area contributed by atoms with Crippen LogP contribution in [-0.4, -0.2) is 41.1 Å². The van der Waals surface area contributed by atoms with Crippen LogP contribution in [0.3, 0.4) is 0 Å². The fraction of sp³-hybridized carbons (Fsp3) is 0.308. The van der Waals surface area contributed by atoms with Crippen LogP contribution < -0.4 is 9.80 Å². The lowest BCUT2D eigenvalue weighted by atomic mass is 10.3. The Morgan fingerprint density at radius 3 is 2.40 bits per heavy atom. The van der Waals surface area contributed by atoms with Gasteiger partial charge in [-0.15, -0.1) is 0 Å². The summed E-state index contributed by atoms with van der Waals surface area (Å²) < 4.78 is 13.8. The van der Waals surface area contributed by atoms with Gasteiger partial charge >= 0.3 is 0 Å². The van der Waals surface area contributed by atoms with E-state index in [1.165, 1.54) is 12.3 Å². The summed E-state index contributed by atoms with van der Waals surface area (Å²) in [6.07, 6.45) is 6.51. The van der Waals surface area contributed by atoms with Crippen molar-refractivity contribution in [3.05, 3.63) is 41.7 Å². The Morgan fingerprint density at radius 1 is 1.00 bits per heavy atom. The first-order valence-corrected chi connectivity index (χ1v) is 6.69. The second-order valence-corrected chi connectivity index (χ2v) is 4.93. The number of halogens is 2. The Kier molecular flexibility index (Phi) is 3.64. The van der Waals surface area contributed by atoms with Gasteiger partial charge in [0.2, 0.25) is 0 Å². The minimum absolute atomic E-state index is 0.310. The minimum Gasteiger partial charge on any atom is -0.352 e. The van der Waals surface area contributed by atoms with Crippen molar-refractivity contribution < 1.29 is 4.39 Å². The first-order chi connectivity index (χ1) is 9.74. The lowest BCUT2D eigenvalue weighted by molar-refractivity contribution is 0.587. The van der Waals surface area contributed by atoms with E-state index in [0.29, 0.717) is 23.9 Å². The van der Waals surface area contributed by atoms with Crippen LogP contribution in [0.1, 0.15) is 0 Å². The van der Waals surface area contributed by atoms with Crippen LogP contribution in [-0.2, 0) is 0 Å². The molecule has 1 aliphatic heterocycles. The summed E-state index contributed by atoms with van der Waals surface area (Å²) in [5.41, 5.74) is 0. The molecule has 3 heterocycles. The van der Waals surface area contributed by atoms with Crippen molar-refractivity contribution in [3.8, 4) is 0 Å². The van der Waals surface area contributed by atoms with Gasteiger partial charge in [-0.25, -0.2) is 14.4 Å². The molecule has 0 spiro atoms. The number of piperazine rings is 1. The SMILES string of the molecule is Fc1cc(Cl)cnc1N1CCN(c2cnccn2)CC1. The molecule has 20 heavy (non-hydrogen) atoms. The van der Waals surface area contributed by atoms with Gasteiger partial charge in [-0.1, -0.05) is 11.6 Å². The molecule has 0 saturated carbocycles. The molecule has 0 amide bonds. The Hall–Kier alpha value is -1.95. The molecule has 2 aromatic heterocycles. The highest BCUT2D eigenvalue weighted by atomic mass is 35.5. The Morgan fingerprint density at radius 2 is 1.75 bits per heavy atom. The van der Waals surface area contributed by atoms with Crippen LogP contribution in [0.25, 0.3) is 0 Å². The number of pyridine rings is 1. The van der Waals surface area contributed by atoms with Gasteiger partial charge in [0, 0.05) is 44.8 Å². The molecule has 0 aliphatic carbocycles. The zero-order valence-corrected chi connectivity index (χ0v) is 11.5. The lowest BCUT2D eigenvalue weighted by Crippen LogP contribution is -2.47. The highest BCUT2D eigenvalue weighted by Gasteiger charge is 2.21. The van der Waals surface area contributed by atoms with Gasteiger partial charge in [0.1, 0.15) is 5.82 Å². The van der Waals surface area contributed by atoms with E-state index in [0.717, 1.165) is 18.9 Å². The molecule has 0 bridgehead atoms. The molecule has 0 radical (unpaired) electrons. The van der Waals surface area contributed by atoms with Gasteiger partial charge in [0.15, 0.2) is 11.6 Å². The average Bonchev–Trinajstić information content (AvgIpc) is 2.48. The smallest absolute Gasteiger partial charge is 0.167 e. The highest BCUT2D eigenvalue weighted by molar-refractivity contribution is 6.30. The first kappa shape index (κ1) is 13.1. The fourth-order valence-electron chi connectivity index (χ4n) is 2.24. The molecule has 0 N–H and O–H groups in total. The topological polar surface area (TPSA) is 45.2 Å². The first-order valence-electron chi connectivity index (χ1n) is 6.31. The van der Waals surface area contributed by atoms with Crippen molar-refractivity contribution in [2.75, 3.05) is 36.0 Å². The standard InChI is InChI=1S/C13H13ClFN5/c14-10-7-11(15)13(18-8-10)20-5-3-19(4-6-20)12-9-16-1-2-17-12/h1-2,7-9H,3-6H2. The van der Waals surface area contributed by atoms with Crippen LogP contribution in [0.5, 0.6) is 0 Å². The molecule has 0 aromatic carbocycles. The summed E-state index contributed by atoms with van der Waals surface area (Å²) in [7, 11) is 0. The van der Waals surface area contributed by atoms with E-state index in [9.17, 15) is 4.39 Å². The maximum atomic E-state index is 13.8. The van der Waals surface area contributed by atoms with Crippen LogP contribution in [0, 0.1) is 5.82 Å².